The van der Waals surface area contributed by atoms with E-state index in [1.807, 2.05) is 0 Å². The average molecular weight is 688 g/mol. The van der Waals surface area contributed by atoms with E-state index in [-0.39, 0.29) is 26.2 Å². The molecule has 236 valence electrons. The molecule has 0 atom stereocenters. The van der Waals surface area contributed by atoms with E-state index in [2.05, 4.69) is 23.3 Å². The predicted molar refractivity (Wildman–Crippen MR) is 130 cm³/mol. The van der Waals surface area contributed by atoms with Crippen LogP contribution in [0.1, 0.15) is 61.8 Å². The molecular weight excluding hydrogens is 651 g/mol. The molecule has 0 heterocycles. The van der Waals surface area contributed by atoms with Gasteiger partial charge in [0.25, 0.3) is 0 Å². The van der Waals surface area contributed by atoms with Crippen molar-refractivity contribution in [3.63, 3.8) is 0 Å². The second-order valence-electron chi connectivity index (χ2n) is 7.76. The summed E-state index contributed by atoms with van der Waals surface area (Å²) in [7, 11) is 2.27. The molecule has 0 spiro atoms. The Kier molecular flexibility index (Phi) is 26.9. The van der Waals surface area contributed by atoms with E-state index < -0.39 is 95.2 Å². The van der Waals surface area contributed by atoms with Gasteiger partial charge in [-0.25, -0.2) is 35.1 Å². The Bertz CT molecular complexity index is 873. The Labute approximate surface area is 253 Å². The summed E-state index contributed by atoms with van der Waals surface area (Å²) in [6.07, 6.45) is 4.08. The van der Waals surface area contributed by atoms with Crippen LogP contribution in [0.4, 0.5) is 35.1 Å². The SMILES string of the molecule is CCCCO.CCCCO.COCc1c(F)c(F)c(CO)c(F)c1F.COCc1c(F)c(F)c(CO)c(F)c1F.[Zr]. The number of benzene rings is 2. The van der Waals surface area contributed by atoms with Crippen molar-refractivity contribution in [2.45, 2.75) is 66.0 Å². The van der Waals surface area contributed by atoms with Crippen molar-refractivity contribution in [2.75, 3.05) is 27.4 Å². The van der Waals surface area contributed by atoms with Crippen molar-refractivity contribution >= 4 is 0 Å². The quantitative estimate of drug-likeness (QED) is 0.200. The first kappa shape index (κ1) is 44.0. The molecule has 2 aromatic rings. The van der Waals surface area contributed by atoms with Gasteiger partial charge >= 0.3 is 0 Å². The van der Waals surface area contributed by atoms with E-state index in [1.165, 1.54) is 0 Å². The number of hydrogen-bond acceptors (Lipinski definition) is 6. The summed E-state index contributed by atoms with van der Waals surface area (Å²) in [6, 6.07) is 0. The van der Waals surface area contributed by atoms with E-state index in [9.17, 15) is 35.1 Å². The molecule has 0 radical (unpaired) electrons. The molecular formula is C26H36F8O6Zr. The minimum Gasteiger partial charge on any atom is -0.396 e. The molecule has 0 aliphatic rings. The van der Waals surface area contributed by atoms with Crippen LogP contribution in [0.2, 0.25) is 0 Å². The monoisotopic (exact) mass is 686 g/mol. The van der Waals surface area contributed by atoms with Crippen LogP contribution in [0.3, 0.4) is 0 Å². The number of halogens is 8. The van der Waals surface area contributed by atoms with E-state index >= 15 is 0 Å². The van der Waals surface area contributed by atoms with Gasteiger partial charge in [-0.1, -0.05) is 26.7 Å². The third-order valence-corrected chi connectivity index (χ3v) is 4.81. The van der Waals surface area contributed by atoms with Gasteiger partial charge in [0.15, 0.2) is 46.5 Å². The van der Waals surface area contributed by atoms with Crippen LogP contribution >= 0.6 is 0 Å². The zero-order valence-corrected chi connectivity index (χ0v) is 25.7. The van der Waals surface area contributed by atoms with E-state index in [1.54, 1.807) is 0 Å². The van der Waals surface area contributed by atoms with Gasteiger partial charge in [0.05, 0.1) is 48.7 Å². The number of aliphatic hydroxyl groups excluding tert-OH is 4. The topological polar surface area (TPSA) is 99.4 Å². The van der Waals surface area contributed by atoms with Gasteiger partial charge in [-0.15, -0.1) is 0 Å². The second-order valence-corrected chi connectivity index (χ2v) is 7.76. The summed E-state index contributed by atoms with van der Waals surface area (Å²) in [6.45, 7) is 1.39. The summed E-state index contributed by atoms with van der Waals surface area (Å²) in [5, 5.41) is 33.2. The van der Waals surface area contributed by atoms with Gasteiger partial charge in [0.2, 0.25) is 0 Å². The van der Waals surface area contributed by atoms with Crippen LogP contribution in [-0.2, 0) is 62.1 Å². The van der Waals surface area contributed by atoms with Gasteiger partial charge in [-0.05, 0) is 12.8 Å². The van der Waals surface area contributed by atoms with Crippen LogP contribution in [-0.4, -0.2) is 47.9 Å². The first-order chi connectivity index (χ1) is 18.9. The van der Waals surface area contributed by atoms with Gasteiger partial charge in [0.1, 0.15) is 0 Å². The number of ether oxygens (including phenoxy) is 2. The number of rotatable bonds is 10. The molecule has 0 saturated carbocycles. The van der Waals surface area contributed by atoms with Crippen LogP contribution in [0, 0.1) is 46.5 Å². The maximum atomic E-state index is 13.1. The van der Waals surface area contributed by atoms with Crippen LogP contribution in [0.25, 0.3) is 0 Å². The minimum absolute atomic E-state index is 0. The molecule has 0 aromatic heterocycles. The molecule has 4 N–H and O–H groups in total. The fourth-order valence-electron chi connectivity index (χ4n) is 2.58. The van der Waals surface area contributed by atoms with E-state index in [4.69, 9.17) is 20.4 Å². The largest absolute Gasteiger partial charge is 0.396 e. The predicted octanol–water partition coefficient (Wildman–Crippen LogP) is 5.32. The Balaban J connectivity index is -0.000000523. The minimum atomic E-state index is -1.59. The fraction of sp³-hybridized carbons (Fsp3) is 0.538. The summed E-state index contributed by atoms with van der Waals surface area (Å²) in [4.78, 5) is 0. The first-order valence-corrected chi connectivity index (χ1v) is 12.0. The zero-order chi connectivity index (χ0) is 31.4. The normalized spacial score (nSPS) is 9.95. The molecule has 0 saturated heterocycles. The number of hydrogen-bond donors (Lipinski definition) is 4. The van der Waals surface area contributed by atoms with Crippen molar-refractivity contribution in [1.29, 1.82) is 0 Å². The number of aliphatic hydroxyl groups is 4. The zero-order valence-electron chi connectivity index (χ0n) is 23.2. The van der Waals surface area contributed by atoms with Gasteiger partial charge < -0.3 is 29.9 Å². The molecule has 0 aliphatic heterocycles. The van der Waals surface area contributed by atoms with Gasteiger partial charge in [-0.3, -0.25) is 0 Å². The average Bonchev–Trinajstić information content (AvgIpc) is 2.94. The Hall–Kier alpha value is -1.48. The third-order valence-electron chi connectivity index (χ3n) is 4.81. The van der Waals surface area contributed by atoms with Crippen LogP contribution < -0.4 is 0 Å². The number of methoxy groups -OCH3 is 2. The molecule has 0 fully saturated rings. The molecule has 2 rings (SSSR count). The first-order valence-electron chi connectivity index (χ1n) is 12.0. The molecule has 15 heteroatoms. The van der Waals surface area contributed by atoms with Crippen molar-refractivity contribution in [3.05, 3.63) is 68.8 Å². The Morgan fingerprint density at radius 1 is 0.463 bits per heavy atom. The van der Waals surface area contributed by atoms with Crippen molar-refractivity contribution in [1.82, 2.24) is 0 Å². The molecule has 2 aromatic carbocycles. The molecule has 0 aliphatic carbocycles. The maximum absolute atomic E-state index is 13.1. The fourth-order valence-corrected chi connectivity index (χ4v) is 2.58. The van der Waals surface area contributed by atoms with Gasteiger partial charge in [0, 0.05) is 53.6 Å². The molecule has 41 heavy (non-hydrogen) atoms. The van der Waals surface area contributed by atoms with E-state index in [0.717, 1.165) is 39.9 Å². The van der Waals surface area contributed by atoms with Crippen LogP contribution in [0.15, 0.2) is 0 Å². The summed E-state index contributed by atoms with van der Waals surface area (Å²) < 4.78 is 113. The molecule has 0 bridgehead atoms. The van der Waals surface area contributed by atoms with Crippen molar-refractivity contribution in [2.24, 2.45) is 0 Å². The third kappa shape index (κ3) is 14.0. The summed E-state index contributed by atoms with van der Waals surface area (Å²) >= 11 is 0. The standard InChI is InChI=1S/2C9H8F4O2.2C4H10O.Zr/c2*1-15-3-5-8(12)6(10)4(2-14)7(11)9(5)13;2*1-2-3-4-5;/h2*14H,2-3H2,1H3;2*5H,2-4H2,1H3;. The van der Waals surface area contributed by atoms with Gasteiger partial charge in [-0.2, -0.15) is 0 Å². The molecule has 0 unspecified atom stereocenters. The molecule has 0 amide bonds. The molecule has 6 nitrogen and oxygen atoms in total. The van der Waals surface area contributed by atoms with Crippen LogP contribution in [0.5, 0.6) is 0 Å². The Morgan fingerprint density at radius 2 is 0.683 bits per heavy atom. The summed E-state index contributed by atoms with van der Waals surface area (Å²) in [5.41, 5.74) is -3.70. The van der Waals surface area contributed by atoms with Crippen molar-refractivity contribution in [3.8, 4) is 0 Å². The second kappa shape index (κ2) is 25.1. The number of unbranched alkanes of at least 4 members (excludes halogenated alkanes) is 2. The van der Waals surface area contributed by atoms with E-state index in [0.29, 0.717) is 13.2 Å². The smallest absolute Gasteiger partial charge is 0.167 e. The van der Waals surface area contributed by atoms with Crippen molar-refractivity contribution < 1.29 is 91.2 Å². The maximum Gasteiger partial charge on any atom is 0.167 e. The Morgan fingerprint density at radius 3 is 0.805 bits per heavy atom. The summed E-state index contributed by atoms with van der Waals surface area (Å²) in [5.74, 6) is -12.5.